The molecule has 0 bridgehead atoms. The van der Waals surface area contributed by atoms with Crippen LogP contribution in [0.15, 0.2) is 36.5 Å². The predicted octanol–water partition coefficient (Wildman–Crippen LogP) is 6.24. The molecule has 3 aromatic rings. The number of hydrogen-bond acceptors (Lipinski definition) is 6. The Hall–Kier alpha value is -3.33. The zero-order valence-corrected chi connectivity index (χ0v) is 28.2. The molecule has 4 rings (SSSR count). The fourth-order valence-electron chi connectivity index (χ4n) is 6.88. The molecule has 1 aliphatic rings. The van der Waals surface area contributed by atoms with Crippen LogP contribution >= 0.6 is 0 Å². The van der Waals surface area contributed by atoms with E-state index in [1.54, 1.807) is 0 Å². The number of rotatable bonds is 15. The van der Waals surface area contributed by atoms with Gasteiger partial charge in [-0.1, -0.05) is 103 Å². The van der Waals surface area contributed by atoms with Gasteiger partial charge in [-0.15, -0.1) is 10.2 Å². The average Bonchev–Trinajstić information content (AvgIpc) is 3.44. The SMILES string of the molecule is CCCCNC(=O)[C@@](C[C@H](O)[C@@H](CC1CCCCC1)c1nnc2c(CC(C)C)nc(-c3ccccc3)cn12)(NC(C)=O)C(C)C. The molecule has 0 aliphatic heterocycles. The van der Waals surface area contributed by atoms with Crippen molar-refractivity contribution in [2.75, 3.05) is 6.54 Å². The summed E-state index contributed by atoms with van der Waals surface area (Å²) in [5.41, 5.74) is 2.14. The third-order valence-corrected chi connectivity index (χ3v) is 9.40. The van der Waals surface area contributed by atoms with Gasteiger partial charge in [-0.3, -0.25) is 14.0 Å². The van der Waals surface area contributed by atoms with Crippen LogP contribution in [-0.2, 0) is 16.0 Å². The smallest absolute Gasteiger partial charge is 0.246 e. The van der Waals surface area contributed by atoms with Crippen LogP contribution in [0.25, 0.3) is 16.9 Å². The fraction of sp³-hybridized carbons (Fsp3) is 0.639. The Morgan fingerprint density at radius 2 is 1.78 bits per heavy atom. The molecule has 2 aromatic heterocycles. The first-order valence-corrected chi connectivity index (χ1v) is 17.1. The van der Waals surface area contributed by atoms with Crippen molar-refractivity contribution in [1.82, 2.24) is 30.2 Å². The van der Waals surface area contributed by atoms with E-state index in [9.17, 15) is 14.7 Å². The maximum Gasteiger partial charge on any atom is 0.246 e. The molecule has 2 heterocycles. The largest absolute Gasteiger partial charge is 0.392 e. The lowest BCUT2D eigenvalue weighted by atomic mass is 9.74. The summed E-state index contributed by atoms with van der Waals surface area (Å²) in [6, 6.07) is 10.1. The lowest BCUT2D eigenvalue weighted by Crippen LogP contribution is -2.63. The van der Waals surface area contributed by atoms with E-state index in [2.05, 4.69) is 36.5 Å². The lowest BCUT2D eigenvalue weighted by molar-refractivity contribution is -0.136. The summed E-state index contributed by atoms with van der Waals surface area (Å²) in [7, 11) is 0. The van der Waals surface area contributed by atoms with Crippen LogP contribution in [0.2, 0.25) is 0 Å². The van der Waals surface area contributed by atoms with Gasteiger partial charge >= 0.3 is 0 Å². The van der Waals surface area contributed by atoms with Crippen LogP contribution in [0.1, 0.15) is 117 Å². The molecular formula is C36H54N6O3. The van der Waals surface area contributed by atoms with E-state index in [0.717, 1.165) is 55.5 Å². The molecule has 45 heavy (non-hydrogen) atoms. The quantitative estimate of drug-likeness (QED) is 0.173. The Kier molecular flexibility index (Phi) is 12.1. The van der Waals surface area contributed by atoms with Crippen molar-refractivity contribution < 1.29 is 14.7 Å². The van der Waals surface area contributed by atoms with Crippen molar-refractivity contribution in [3.8, 4) is 11.3 Å². The predicted molar refractivity (Wildman–Crippen MR) is 179 cm³/mol. The molecule has 246 valence electrons. The molecule has 9 heteroatoms. The van der Waals surface area contributed by atoms with Gasteiger partial charge in [0.1, 0.15) is 11.4 Å². The first-order valence-electron chi connectivity index (χ1n) is 17.1. The molecule has 0 unspecified atom stereocenters. The number of carbonyl (C=O) groups is 2. The Morgan fingerprint density at radius 3 is 2.40 bits per heavy atom. The van der Waals surface area contributed by atoms with E-state index in [4.69, 9.17) is 10.1 Å². The lowest BCUT2D eigenvalue weighted by Gasteiger charge is -2.40. The highest BCUT2D eigenvalue weighted by Crippen LogP contribution is 2.38. The normalized spacial score (nSPS) is 16.9. The van der Waals surface area contributed by atoms with Gasteiger partial charge in [0.15, 0.2) is 5.65 Å². The molecule has 1 aliphatic carbocycles. The molecule has 0 spiro atoms. The summed E-state index contributed by atoms with van der Waals surface area (Å²) in [4.78, 5) is 31.4. The van der Waals surface area contributed by atoms with Gasteiger partial charge in [-0.2, -0.15) is 0 Å². The highest BCUT2D eigenvalue weighted by molar-refractivity contribution is 5.91. The third kappa shape index (κ3) is 8.48. The number of hydrogen-bond donors (Lipinski definition) is 3. The van der Waals surface area contributed by atoms with Gasteiger partial charge in [-0.05, 0) is 37.0 Å². The fourth-order valence-corrected chi connectivity index (χ4v) is 6.88. The van der Waals surface area contributed by atoms with E-state index in [1.165, 1.54) is 26.2 Å². The topological polar surface area (TPSA) is 122 Å². The summed E-state index contributed by atoms with van der Waals surface area (Å²) in [5, 5.41) is 27.7. The molecule has 1 aromatic carbocycles. The number of aliphatic hydroxyl groups excluding tert-OH is 1. The summed E-state index contributed by atoms with van der Waals surface area (Å²) in [6.07, 6.45) is 10.2. The van der Waals surface area contributed by atoms with Gasteiger partial charge in [0.2, 0.25) is 11.8 Å². The Bertz CT molecular complexity index is 1400. The number of aliphatic hydroxyl groups is 1. The Balaban J connectivity index is 1.82. The molecule has 9 nitrogen and oxygen atoms in total. The van der Waals surface area contributed by atoms with E-state index >= 15 is 0 Å². The van der Waals surface area contributed by atoms with Crippen LogP contribution in [0, 0.1) is 17.8 Å². The van der Waals surface area contributed by atoms with Gasteiger partial charge in [0, 0.05) is 37.6 Å². The molecule has 0 radical (unpaired) electrons. The van der Waals surface area contributed by atoms with Crippen molar-refractivity contribution in [1.29, 1.82) is 0 Å². The zero-order chi connectivity index (χ0) is 32.6. The maximum absolute atomic E-state index is 13.8. The highest BCUT2D eigenvalue weighted by atomic mass is 16.3. The minimum Gasteiger partial charge on any atom is -0.392 e. The zero-order valence-electron chi connectivity index (χ0n) is 28.2. The van der Waals surface area contributed by atoms with Gasteiger partial charge in [0.25, 0.3) is 0 Å². The molecule has 1 fully saturated rings. The van der Waals surface area contributed by atoms with Crippen molar-refractivity contribution in [3.63, 3.8) is 0 Å². The van der Waals surface area contributed by atoms with E-state index in [-0.39, 0.29) is 24.2 Å². The molecule has 3 atom stereocenters. The van der Waals surface area contributed by atoms with E-state index < -0.39 is 17.6 Å². The number of nitrogens with one attached hydrogen (secondary N) is 2. The molecule has 1 saturated carbocycles. The second-order valence-electron chi connectivity index (χ2n) is 13.8. The molecule has 2 amide bonds. The van der Waals surface area contributed by atoms with Gasteiger partial charge in [0.05, 0.1) is 17.5 Å². The average molecular weight is 619 g/mol. The highest BCUT2D eigenvalue weighted by Gasteiger charge is 2.46. The van der Waals surface area contributed by atoms with Crippen molar-refractivity contribution in [2.45, 2.75) is 123 Å². The summed E-state index contributed by atoms with van der Waals surface area (Å²) in [6.45, 7) is 12.2. The molecule has 0 saturated heterocycles. The monoisotopic (exact) mass is 618 g/mol. The van der Waals surface area contributed by atoms with E-state index in [0.29, 0.717) is 29.9 Å². The Morgan fingerprint density at radius 1 is 1.07 bits per heavy atom. The summed E-state index contributed by atoms with van der Waals surface area (Å²) in [5.74, 6) is 0.286. The standard InChI is InChI=1S/C36H54N6O3/c1-7-8-19-37-35(45)36(25(4)5,39-26(6)43)22-32(44)29(21-27-15-11-9-12-16-27)33-40-41-34-30(20-24(2)3)38-31(23-42(33)34)28-17-13-10-14-18-28/h10,13-14,17-18,23-25,27,29,32,44H,7-9,11-12,15-16,19-22H2,1-6H3,(H,37,45)(H,39,43)/t29-,32+,36+/m1/s1. The van der Waals surface area contributed by atoms with Gasteiger partial charge in [-0.25, -0.2) is 4.98 Å². The summed E-state index contributed by atoms with van der Waals surface area (Å²) < 4.78 is 2.03. The Labute approximate surface area is 269 Å². The van der Waals surface area contributed by atoms with Crippen LogP contribution in [0.3, 0.4) is 0 Å². The van der Waals surface area contributed by atoms with Crippen molar-refractivity contribution in [3.05, 3.63) is 48.0 Å². The molecule has 3 N–H and O–H groups in total. The molecular weight excluding hydrogens is 564 g/mol. The number of nitrogens with zero attached hydrogens (tertiary/aromatic N) is 4. The number of unbranched alkanes of at least 4 members (excludes halogenated alkanes) is 1. The van der Waals surface area contributed by atoms with E-state index in [1.807, 2.05) is 54.8 Å². The number of amides is 2. The first kappa shape index (κ1) is 34.5. The number of carbonyl (C=O) groups excluding carboxylic acids is 2. The minimum absolute atomic E-state index is 0.0734. The number of aromatic nitrogens is 4. The maximum atomic E-state index is 13.8. The van der Waals surface area contributed by atoms with Crippen LogP contribution in [0.4, 0.5) is 0 Å². The number of fused-ring (bicyclic) bond motifs is 1. The van der Waals surface area contributed by atoms with Gasteiger partial charge < -0.3 is 15.7 Å². The third-order valence-electron chi connectivity index (χ3n) is 9.40. The first-order chi connectivity index (χ1) is 21.6. The van der Waals surface area contributed by atoms with Crippen LogP contribution in [0.5, 0.6) is 0 Å². The van der Waals surface area contributed by atoms with Crippen LogP contribution in [-0.4, -0.2) is 54.7 Å². The van der Waals surface area contributed by atoms with Crippen molar-refractivity contribution >= 4 is 17.5 Å². The second-order valence-corrected chi connectivity index (χ2v) is 13.8. The minimum atomic E-state index is -1.27. The second kappa shape index (κ2) is 15.8. The van der Waals surface area contributed by atoms with Crippen LogP contribution < -0.4 is 10.6 Å². The number of benzene rings is 1. The van der Waals surface area contributed by atoms with Crippen molar-refractivity contribution in [2.24, 2.45) is 17.8 Å². The summed E-state index contributed by atoms with van der Waals surface area (Å²) >= 11 is 0.